The van der Waals surface area contributed by atoms with Crippen molar-refractivity contribution in [2.24, 2.45) is 0 Å². The normalized spacial score (nSPS) is 18.0. The van der Waals surface area contributed by atoms with Gasteiger partial charge >= 0.3 is 0 Å². The monoisotopic (exact) mass is 496 g/mol. The van der Waals surface area contributed by atoms with Crippen molar-refractivity contribution < 1.29 is 9.53 Å². The highest BCUT2D eigenvalue weighted by Crippen LogP contribution is 2.37. The molecule has 0 spiro atoms. The molecule has 3 aromatic rings. The summed E-state index contributed by atoms with van der Waals surface area (Å²) >= 11 is 0. The van der Waals surface area contributed by atoms with Gasteiger partial charge in [-0.3, -0.25) is 14.7 Å². The summed E-state index contributed by atoms with van der Waals surface area (Å²) in [5.41, 5.74) is 2.50. The van der Waals surface area contributed by atoms with Crippen LogP contribution in [0.2, 0.25) is 0 Å². The molecule has 8 nitrogen and oxygen atoms in total. The summed E-state index contributed by atoms with van der Waals surface area (Å²) in [7, 11) is 0. The molecule has 190 valence electrons. The average Bonchev–Trinajstić information content (AvgIpc) is 2.95. The topological polar surface area (TPSA) is 103 Å². The van der Waals surface area contributed by atoms with Gasteiger partial charge in [0.15, 0.2) is 0 Å². The van der Waals surface area contributed by atoms with Crippen LogP contribution in [-0.2, 0) is 12.1 Å². The van der Waals surface area contributed by atoms with Crippen LogP contribution in [0.1, 0.15) is 52.9 Å². The van der Waals surface area contributed by atoms with Crippen LogP contribution in [-0.4, -0.2) is 53.0 Å². The van der Waals surface area contributed by atoms with Crippen LogP contribution in [0.5, 0.6) is 5.75 Å². The first-order valence-corrected chi connectivity index (χ1v) is 12.9. The fraction of sp³-hybridized carbons (Fsp3) is 0.379. The minimum Gasteiger partial charge on any atom is -0.481 e. The Kier molecular flexibility index (Phi) is 7.73. The lowest BCUT2D eigenvalue weighted by molar-refractivity contribution is 0.0325. The number of rotatable bonds is 7. The lowest BCUT2D eigenvalue weighted by Crippen LogP contribution is -2.44. The Hall–Kier alpha value is -3.80. The number of likely N-dealkylation sites (tertiary alicyclic amines) is 1. The second-order valence-corrected chi connectivity index (χ2v) is 9.77. The van der Waals surface area contributed by atoms with E-state index in [9.17, 15) is 10.1 Å². The number of pyridine rings is 2. The molecule has 0 unspecified atom stereocenters. The maximum Gasteiger partial charge on any atom is 0.270 e. The molecule has 2 aliphatic rings. The molecule has 2 N–H and O–H groups in total. The van der Waals surface area contributed by atoms with E-state index in [1.165, 1.54) is 5.56 Å². The van der Waals surface area contributed by atoms with Gasteiger partial charge < -0.3 is 15.4 Å². The highest BCUT2D eigenvalue weighted by atomic mass is 16.5. The van der Waals surface area contributed by atoms with E-state index in [1.807, 2.05) is 36.5 Å². The van der Waals surface area contributed by atoms with Gasteiger partial charge in [-0.1, -0.05) is 24.3 Å². The zero-order valence-electron chi connectivity index (χ0n) is 20.9. The van der Waals surface area contributed by atoms with Crippen molar-refractivity contribution in [1.82, 2.24) is 25.5 Å². The Bertz CT molecular complexity index is 1230. The number of piperidine rings is 2. The second-order valence-electron chi connectivity index (χ2n) is 9.77. The number of carbonyl (C=O) groups excluding carboxylic acids is 1. The quantitative estimate of drug-likeness (QED) is 0.517. The van der Waals surface area contributed by atoms with Crippen LogP contribution >= 0.6 is 0 Å². The molecule has 0 saturated carbocycles. The van der Waals surface area contributed by atoms with Crippen molar-refractivity contribution in [1.29, 1.82) is 5.26 Å². The van der Waals surface area contributed by atoms with Crippen molar-refractivity contribution in [2.75, 3.05) is 26.2 Å². The van der Waals surface area contributed by atoms with Crippen LogP contribution in [0.15, 0.2) is 67.1 Å². The fourth-order valence-electron chi connectivity index (χ4n) is 5.28. The number of nitriles is 1. The molecule has 5 rings (SSSR count). The maximum absolute atomic E-state index is 12.9. The van der Waals surface area contributed by atoms with Crippen molar-refractivity contribution in [3.8, 4) is 11.8 Å². The summed E-state index contributed by atoms with van der Waals surface area (Å²) in [4.78, 5) is 23.9. The number of hydrogen-bond donors (Lipinski definition) is 2. The van der Waals surface area contributed by atoms with Crippen LogP contribution in [0.4, 0.5) is 0 Å². The minimum absolute atomic E-state index is 0.135. The summed E-state index contributed by atoms with van der Waals surface area (Å²) in [5, 5.41) is 16.2. The molecule has 0 aliphatic carbocycles. The first-order chi connectivity index (χ1) is 18.1. The van der Waals surface area contributed by atoms with Crippen LogP contribution in [0, 0.1) is 11.3 Å². The van der Waals surface area contributed by atoms with Crippen LogP contribution < -0.4 is 15.4 Å². The molecule has 2 aliphatic heterocycles. The van der Waals surface area contributed by atoms with E-state index < -0.39 is 5.60 Å². The molecule has 2 saturated heterocycles. The van der Waals surface area contributed by atoms with Gasteiger partial charge in [0.05, 0.1) is 17.8 Å². The zero-order chi connectivity index (χ0) is 25.5. The third kappa shape index (κ3) is 5.96. The Labute approximate surface area is 217 Å². The molecule has 2 fully saturated rings. The maximum atomic E-state index is 12.9. The van der Waals surface area contributed by atoms with E-state index in [0.717, 1.165) is 64.0 Å². The Morgan fingerprint density at radius 2 is 1.92 bits per heavy atom. The zero-order valence-corrected chi connectivity index (χ0v) is 20.9. The van der Waals surface area contributed by atoms with Gasteiger partial charge in [-0.05, 0) is 55.8 Å². The lowest BCUT2D eigenvalue weighted by Gasteiger charge is -2.38. The first kappa shape index (κ1) is 24.9. The fourth-order valence-corrected chi connectivity index (χ4v) is 5.28. The number of nitrogens with one attached hydrogen (secondary N) is 2. The number of amides is 1. The van der Waals surface area contributed by atoms with E-state index in [2.05, 4.69) is 37.6 Å². The molecule has 1 aromatic carbocycles. The van der Waals surface area contributed by atoms with Gasteiger partial charge in [0.1, 0.15) is 17.0 Å². The largest absolute Gasteiger partial charge is 0.481 e. The molecular weight excluding hydrogens is 464 g/mol. The van der Waals surface area contributed by atoms with E-state index in [4.69, 9.17) is 4.74 Å². The number of ether oxygens (including phenoxy) is 1. The number of aromatic nitrogens is 2. The molecule has 2 aromatic heterocycles. The van der Waals surface area contributed by atoms with Crippen LogP contribution in [0.3, 0.4) is 0 Å². The SMILES string of the molecule is N#Cc1ccccc1C1(Oc2ccc(C(=O)NC3CCN(Cc4cccnc4)CC3)nc2)CCNCC1. The first-order valence-electron chi connectivity index (χ1n) is 12.9. The predicted octanol–water partition coefficient (Wildman–Crippen LogP) is 3.40. The average molecular weight is 497 g/mol. The van der Waals surface area contributed by atoms with Gasteiger partial charge in [0.25, 0.3) is 5.91 Å². The van der Waals surface area contributed by atoms with Gasteiger partial charge in [-0.2, -0.15) is 5.26 Å². The number of carbonyl (C=O) groups is 1. The molecule has 4 heterocycles. The molecule has 8 heteroatoms. The van der Waals surface area contributed by atoms with Gasteiger partial charge in [0, 0.05) is 56.5 Å². The predicted molar refractivity (Wildman–Crippen MR) is 140 cm³/mol. The van der Waals surface area contributed by atoms with E-state index >= 15 is 0 Å². The summed E-state index contributed by atoms with van der Waals surface area (Å²) in [6.45, 7) is 4.35. The molecular formula is C29H32N6O2. The van der Waals surface area contributed by atoms with Gasteiger partial charge in [-0.15, -0.1) is 0 Å². The highest BCUT2D eigenvalue weighted by molar-refractivity contribution is 5.92. The summed E-state index contributed by atoms with van der Waals surface area (Å²) in [6, 6.07) is 17.6. The van der Waals surface area contributed by atoms with E-state index in [1.54, 1.807) is 24.5 Å². The van der Waals surface area contributed by atoms with Crippen molar-refractivity contribution in [2.45, 2.75) is 43.9 Å². The lowest BCUT2D eigenvalue weighted by atomic mass is 9.82. The highest BCUT2D eigenvalue weighted by Gasteiger charge is 2.38. The second kappa shape index (κ2) is 11.5. The van der Waals surface area contributed by atoms with Crippen LogP contribution in [0.25, 0.3) is 0 Å². The summed E-state index contributed by atoms with van der Waals surface area (Å²) in [6.07, 6.45) is 8.61. The van der Waals surface area contributed by atoms with E-state index in [0.29, 0.717) is 17.0 Å². The molecule has 0 radical (unpaired) electrons. The molecule has 1 amide bonds. The summed E-state index contributed by atoms with van der Waals surface area (Å²) < 4.78 is 6.52. The Balaban J connectivity index is 1.19. The number of nitrogens with zero attached hydrogens (tertiary/aromatic N) is 4. The molecule has 0 atom stereocenters. The van der Waals surface area contributed by atoms with E-state index in [-0.39, 0.29) is 11.9 Å². The number of hydrogen-bond acceptors (Lipinski definition) is 7. The van der Waals surface area contributed by atoms with Crippen molar-refractivity contribution >= 4 is 5.91 Å². The summed E-state index contributed by atoms with van der Waals surface area (Å²) in [5.74, 6) is 0.429. The smallest absolute Gasteiger partial charge is 0.270 e. The molecule has 37 heavy (non-hydrogen) atoms. The van der Waals surface area contributed by atoms with Crippen molar-refractivity contribution in [3.63, 3.8) is 0 Å². The third-order valence-electron chi connectivity index (χ3n) is 7.28. The number of benzene rings is 1. The van der Waals surface area contributed by atoms with Crippen molar-refractivity contribution in [3.05, 3.63) is 89.5 Å². The molecule has 0 bridgehead atoms. The Morgan fingerprint density at radius 1 is 1.11 bits per heavy atom. The standard InChI is InChI=1S/C29H32N6O2/c30-18-23-5-1-2-6-26(23)29(11-14-31-15-12-29)37-25-7-8-27(33-20-25)28(36)34-24-9-16-35(17-10-24)21-22-4-3-13-32-19-22/h1-8,13,19-20,24,31H,9-12,14-17,21H2,(H,34,36). The van der Waals surface area contributed by atoms with Gasteiger partial charge in [-0.25, -0.2) is 4.98 Å². The minimum atomic E-state index is -0.604. The Morgan fingerprint density at radius 3 is 2.62 bits per heavy atom. The van der Waals surface area contributed by atoms with Gasteiger partial charge in [0.2, 0.25) is 0 Å². The third-order valence-corrected chi connectivity index (χ3v) is 7.28.